The van der Waals surface area contributed by atoms with Gasteiger partial charge in [0.05, 0.1) is 19.3 Å². The van der Waals surface area contributed by atoms with Gasteiger partial charge in [0, 0.05) is 24.8 Å². The van der Waals surface area contributed by atoms with Crippen LogP contribution in [-0.2, 0) is 11.3 Å². The second-order valence-corrected chi connectivity index (χ2v) is 7.07. The average molecular weight is 383 g/mol. The highest BCUT2D eigenvalue weighted by Gasteiger charge is 2.31. The van der Waals surface area contributed by atoms with Gasteiger partial charge in [0.15, 0.2) is 6.10 Å². The van der Waals surface area contributed by atoms with E-state index in [4.69, 9.17) is 9.47 Å². The van der Waals surface area contributed by atoms with Crippen molar-refractivity contribution in [2.24, 2.45) is 0 Å². The van der Waals surface area contributed by atoms with Gasteiger partial charge in [-0.25, -0.2) is 4.98 Å². The Morgan fingerprint density at radius 3 is 2.82 bits per heavy atom. The molecule has 1 aliphatic rings. The molecule has 6 heteroatoms. The summed E-state index contributed by atoms with van der Waals surface area (Å²) in [5.41, 5.74) is 2.04. The highest BCUT2D eigenvalue weighted by molar-refractivity contribution is 5.83. The molecule has 1 aromatic carbocycles. The van der Waals surface area contributed by atoms with Crippen LogP contribution in [0.25, 0.3) is 0 Å². The summed E-state index contributed by atoms with van der Waals surface area (Å²) in [5, 5.41) is 3.15. The van der Waals surface area contributed by atoms with Gasteiger partial charge in [0.2, 0.25) is 5.88 Å². The number of hydrogen-bond acceptors (Lipinski definition) is 5. The number of anilines is 1. The van der Waals surface area contributed by atoms with Crippen molar-refractivity contribution < 1.29 is 14.3 Å². The molecule has 3 rings (SSSR count). The lowest BCUT2D eigenvalue weighted by molar-refractivity contribution is -0.128. The summed E-state index contributed by atoms with van der Waals surface area (Å²) in [7, 11) is 1.60. The number of ether oxygens (including phenoxy) is 2. The van der Waals surface area contributed by atoms with E-state index in [0.29, 0.717) is 19.0 Å². The molecular weight excluding hydrogens is 354 g/mol. The first kappa shape index (κ1) is 20.0. The molecule has 2 unspecified atom stereocenters. The molecule has 0 fully saturated rings. The van der Waals surface area contributed by atoms with Crippen molar-refractivity contribution in [3.05, 3.63) is 48.2 Å². The molecule has 2 aromatic rings. The van der Waals surface area contributed by atoms with Gasteiger partial charge in [-0.3, -0.25) is 4.79 Å². The minimum atomic E-state index is -0.535. The summed E-state index contributed by atoms with van der Waals surface area (Å²) in [4.78, 5) is 19.3. The van der Waals surface area contributed by atoms with Crippen LogP contribution in [0.15, 0.2) is 42.6 Å². The van der Waals surface area contributed by atoms with Crippen molar-refractivity contribution in [2.45, 2.75) is 51.8 Å². The van der Waals surface area contributed by atoms with Crippen LogP contribution in [0.5, 0.6) is 11.6 Å². The maximum atomic E-state index is 12.8. The van der Waals surface area contributed by atoms with E-state index in [9.17, 15) is 4.79 Å². The van der Waals surface area contributed by atoms with E-state index in [1.165, 1.54) is 0 Å². The molecule has 0 bridgehead atoms. The molecule has 1 aromatic heterocycles. The van der Waals surface area contributed by atoms with Crippen LogP contribution in [0, 0.1) is 0 Å². The zero-order chi connectivity index (χ0) is 19.9. The number of nitrogens with one attached hydrogen (secondary N) is 1. The van der Waals surface area contributed by atoms with Gasteiger partial charge in [0.1, 0.15) is 5.75 Å². The third-order valence-corrected chi connectivity index (χ3v) is 5.01. The molecule has 2 heterocycles. The van der Waals surface area contributed by atoms with E-state index in [-0.39, 0.29) is 11.9 Å². The molecule has 0 radical (unpaired) electrons. The van der Waals surface area contributed by atoms with Gasteiger partial charge >= 0.3 is 0 Å². The zero-order valence-corrected chi connectivity index (χ0v) is 16.9. The van der Waals surface area contributed by atoms with Crippen molar-refractivity contribution in [1.29, 1.82) is 0 Å². The molecule has 150 valence electrons. The fourth-order valence-electron chi connectivity index (χ4n) is 3.46. The summed E-state index contributed by atoms with van der Waals surface area (Å²) in [5.74, 6) is 1.27. The first-order valence-corrected chi connectivity index (χ1v) is 9.94. The number of carbonyl (C=O) groups is 1. The summed E-state index contributed by atoms with van der Waals surface area (Å²) in [6, 6.07) is 11.9. The van der Waals surface area contributed by atoms with Gasteiger partial charge in [-0.05, 0) is 30.5 Å². The SMILES string of the molecule is CCCC(CC)NC(=O)C1CN(Cc2ccc(OC)nc2)c2ccccc2O1. The Labute approximate surface area is 166 Å². The fraction of sp³-hybridized carbons (Fsp3) is 0.455. The lowest BCUT2D eigenvalue weighted by atomic mass is 10.1. The first-order chi connectivity index (χ1) is 13.6. The van der Waals surface area contributed by atoms with Crippen molar-refractivity contribution in [2.75, 3.05) is 18.6 Å². The molecule has 0 saturated heterocycles. The minimum absolute atomic E-state index is 0.0485. The first-order valence-electron chi connectivity index (χ1n) is 9.94. The van der Waals surface area contributed by atoms with Gasteiger partial charge in [0.25, 0.3) is 5.91 Å². The van der Waals surface area contributed by atoms with E-state index in [0.717, 1.165) is 36.3 Å². The highest BCUT2D eigenvalue weighted by atomic mass is 16.5. The van der Waals surface area contributed by atoms with Crippen molar-refractivity contribution in [3.8, 4) is 11.6 Å². The molecule has 2 atom stereocenters. The Kier molecular flexibility index (Phi) is 6.74. The van der Waals surface area contributed by atoms with Gasteiger partial charge in [-0.2, -0.15) is 0 Å². The third-order valence-electron chi connectivity index (χ3n) is 5.01. The third kappa shape index (κ3) is 4.74. The molecule has 0 aliphatic carbocycles. The number of amides is 1. The number of nitrogens with zero attached hydrogens (tertiary/aromatic N) is 2. The van der Waals surface area contributed by atoms with Crippen LogP contribution in [0.1, 0.15) is 38.7 Å². The van der Waals surface area contributed by atoms with E-state index in [1.54, 1.807) is 13.3 Å². The number of aromatic nitrogens is 1. The molecule has 1 N–H and O–H groups in total. The van der Waals surface area contributed by atoms with Crippen LogP contribution in [0.3, 0.4) is 0 Å². The molecule has 28 heavy (non-hydrogen) atoms. The normalized spacial score (nSPS) is 16.7. The quantitative estimate of drug-likeness (QED) is 0.755. The topological polar surface area (TPSA) is 63.7 Å². The van der Waals surface area contributed by atoms with E-state index in [1.807, 2.05) is 36.4 Å². The van der Waals surface area contributed by atoms with Crippen LogP contribution in [0.4, 0.5) is 5.69 Å². The van der Waals surface area contributed by atoms with E-state index < -0.39 is 6.10 Å². The Morgan fingerprint density at radius 2 is 2.14 bits per heavy atom. The lowest BCUT2D eigenvalue weighted by Gasteiger charge is -2.36. The molecule has 1 aliphatic heterocycles. The molecule has 0 spiro atoms. The number of benzene rings is 1. The van der Waals surface area contributed by atoms with Crippen molar-refractivity contribution in [3.63, 3.8) is 0 Å². The number of hydrogen-bond donors (Lipinski definition) is 1. The number of pyridine rings is 1. The minimum Gasteiger partial charge on any atom is -0.481 e. The second kappa shape index (κ2) is 9.44. The van der Waals surface area contributed by atoms with Crippen LogP contribution >= 0.6 is 0 Å². The molecule has 0 saturated carbocycles. The molecule has 1 amide bonds. The van der Waals surface area contributed by atoms with Crippen molar-refractivity contribution >= 4 is 11.6 Å². The van der Waals surface area contributed by atoms with Crippen molar-refractivity contribution in [1.82, 2.24) is 10.3 Å². The smallest absolute Gasteiger partial charge is 0.263 e. The summed E-state index contributed by atoms with van der Waals surface area (Å²) in [6.07, 6.45) is 4.22. The van der Waals surface area contributed by atoms with Crippen LogP contribution < -0.4 is 19.7 Å². The van der Waals surface area contributed by atoms with E-state index in [2.05, 4.69) is 29.0 Å². The summed E-state index contributed by atoms with van der Waals surface area (Å²) < 4.78 is 11.2. The maximum absolute atomic E-state index is 12.8. The molecule has 6 nitrogen and oxygen atoms in total. The predicted octanol–water partition coefficient (Wildman–Crippen LogP) is 3.55. The summed E-state index contributed by atoms with van der Waals surface area (Å²) >= 11 is 0. The second-order valence-electron chi connectivity index (χ2n) is 7.07. The van der Waals surface area contributed by atoms with Crippen LogP contribution in [-0.4, -0.2) is 36.7 Å². The standard InChI is InChI=1S/C22H29N3O3/c1-4-8-17(5-2)24-22(26)20-15-25(18-9-6-7-10-19(18)28-20)14-16-11-12-21(27-3)23-13-16/h6-7,9-13,17,20H,4-5,8,14-15H2,1-3H3,(H,24,26). The van der Waals surface area contributed by atoms with Gasteiger partial charge in [-0.15, -0.1) is 0 Å². The molecular formula is C22H29N3O3. The van der Waals surface area contributed by atoms with Gasteiger partial charge < -0.3 is 19.7 Å². The number of para-hydroxylation sites is 2. The number of methoxy groups -OCH3 is 1. The lowest BCUT2D eigenvalue weighted by Crippen LogP contribution is -2.51. The number of fused-ring (bicyclic) bond motifs is 1. The van der Waals surface area contributed by atoms with Gasteiger partial charge in [-0.1, -0.05) is 38.5 Å². The Hall–Kier alpha value is -2.76. The van der Waals surface area contributed by atoms with E-state index >= 15 is 0 Å². The Balaban J connectivity index is 1.76. The Bertz CT molecular complexity index is 779. The zero-order valence-electron chi connectivity index (χ0n) is 16.9. The highest BCUT2D eigenvalue weighted by Crippen LogP contribution is 2.34. The monoisotopic (exact) mass is 383 g/mol. The number of carbonyl (C=O) groups excluding carboxylic acids is 1. The van der Waals surface area contributed by atoms with Crippen LogP contribution in [0.2, 0.25) is 0 Å². The fourth-order valence-corrected chi connectivity index (χ4v) is 3.46. The Morgan fingerprint density at radius 1 is 1.32 bits per heavy atom. The summed E-state index contributed by atoms with van der Waals surface area (Å²) in [6.45, 7) is 5.37. The maximum Gasteiger partial charge on any atom is 0.263 e. The predicted molar refractivity (Wildman–Crippen MR) is 110 cm³/mol. The number of rotatable bonds is 8. The average Bonchev–Trinajstić information content (AvgIpc) is 2.73. The largest absolute Gasteiger partial charge is 0.481 e.